The molecule has 188 valence electrons. The van der Waals surface area contributed by atoms with Crippen molar-refractivity contribution < 1.29 is 9.18 Å². The molecule has 0 saturated carbocycles. The summed E-state index contributed by atoms with van der Waals surface area (Å²) in [6, 6.07) is 17.4. The van der Waals surface area contributed by atoms with E-state index in [2.05, 4.69) is 9.29 Å². The fourth-order valence-electron chi connectivity index (χ4n) is 4.82. The molecule has 1 aliphatic heterocycles. The fourth-order valence-corrected chi connectivity index (χ4v) is 6.13. The summed E-state index contributed by atoms with van der Waals surface area (Å²) in [7, 11) is 0. The number of carbonyl (C=O) groups is 1. The molecule has 0 spiro atoms. The topological polar surface area (TPSA) is 71.6 Å². The Balaban J connectivity index is 1.54. The largest absolute Gasteiger partial charge is 0.404 e. The third kappa shape index (κ3) is 5.25. The molecule has 2 N–H and O–H groups in total. The SMILES string of the molecule is Cc1ccc(SN2CCC3=CC(=Nc4ccc(F)cc4)C(=CN)CC3(C(=O)c3ccccn3)C2)cc1Cl. The molecule has 3 aromatic rings. The monoisotopic (exact) mass is 532 g/mol. The minimum atomic E-state index is -0.832. The number of rotatable bonds is 5. The van der Waals surface area contributed by atoms with Crippen LogP contribution in [0, 0.1) is 18.2 Å². The van der Waals surface area contributed by atoms with Gasteiger partial charge in [-0.1, -0.05) is 29.3 Å². The second-order valence-corrected chi connectivity index (χ2v) is 10.8. The molecule has 1 atom stereocenters. The van der Waals surface area contributed by atoms with Crippen molar-refractivity contribution in [1.29, 1.82) is 0 Å². The molecule has 5 nitrogen and oxygen atoms in total. The number of benzene rings is 2. The molecule has 2 aliphatic rings. The number of allylic oxidation sites excluding steroid dienone is 2. The number of aryl methyl sites for hydroxylation is 1. The second-order valence-electron chi connectivity index (χ2n) is 9.25. The summed E-state index contributed by atoms with van der Waals surface area (Å²) in [6.07, 6.45) is 6.23. The molecular formula is C29H26ClFN4OS. The molecule has 1 aromatic heterocycles. The molecule has 1 fully saturated rings. The van der Waals surface area contributed by atoms with Crippen LogP contribution in [0.4, 0.5) is 10.1 Å². The highest BCUT2D eigenvalue weighted by Gasteiger charge is 2.49. The van der Waals surface area contributed by atoms with Gasteiger partial charge in [0, 0.05) is 29.2 Å². The number of nitrogens with two attached hydrogens (primary N) is 1. The number of aliphatic imine (C=N–C) groups is 1. The van der Waals surface area contributed by atoms with Crippen LogP contribution >= 0.6 is 23.5 Å². The van der Waals surface area contributed by atoms with E-state index < -0.39 is 5.41 Å². The van der Waals surface area contributed by atoms with Gasteiger partial charge in [-0.2, -0.15) is 0 Å². The van der Waals surface area contributed by atoms with Crippen LogP contribution in [0.5, 0.6) is 0 Å². The Bertz CT molecular complexity index is 1420. The molecule has 1 saturated heterocycles. The molecule has 1 unspecified atom stereocenters. The molecule has 1 aliphatic carbocycles. The normalized spacial score (nSPS) is 22.1. The second kappa shape index (κ2) is 10.6. The van der Waals surface area contributed by atoms with Crippen LogP contribution in [-0.4, -0.2) is 33.9 Å². The predicted molar refractivity (Wildman–Crippen MR) is 148 cm³/mol. The number of pyridine rings is 1. The van der Waals surface area contributed by atoms with E-state index in [0.29, 0.717) is 36.5 Å². The number of hydrogen-bond donors (Lipinski definition) is 1. The first-order chi connectivity index (χ1) is 17.9. The van der Waals surface area contributed by atoms with Crippen LogP contribution in [-0.2, 0) is 0 Å². The lowest BCUT2D eigenvalue weighted by atomic mass is 9.64. The standard InChI is InChI=1S/C29H26ClFN4OS/c1-19-5-10-24(15-25(19)30)37-35-13-11-21-14-27(34-23-8-6-22(31)7-9-23)20(17-32)16-29(21,18-35)28(36)26-4-2-3-12-33-26/h2-10,12,14-15,17H,11,13,16,18,32H2,1H3. The Labute approximate surface area is 225 Å². The molecule has 5 rings (SSSR count). The smallest absolute Gasteiger partial charge is 0.192 e. The Kier molecular flexibility index (Phi) is 7.29. The maximum absolute atomic E-state index is 14.1. The quantitative estimate of drug-likeness (QED) is 0.292. The van der Waals surface area contributed by atoms with Crippen LogP contribution in [0.25, 0.3) is 0 Å². The van der Waals surface area contributed by atoms with E-state index >= 15 is 0 Å². The predicted octanol–water partition coefficient (Wildman–Crippen LogP) is 6.71. The first-order valence-electron chi connectivity index (χ1n) is 12.0. The number of hydrogen-bond acceptors (Lipinski definition) is 6. The highest BCUT2D eigenvalue weighted by molar-refractivity contribution is 7.97. The van der Waals surface area contributed by atoms with Crippen molar-refractivity contribution in [1.82, 2.24) is 9.29 Å². The lowest BCUT2D eigenvalue weighted by Crippen LogP contribution is -2.49. The summed E-state index contributed by atoms with van der Waals surface area (Å²) in [6.45, 7) is 3.22. The van der Waals surface area contributed by atoms with E-state index in [4.69, 9.17) is 22.3 Å². The summed E-state index contributed by atoms with van der Waals surface area (Å²) in [4.78, 5) is 24.2. The minimum Gasteiger partial charge on any atom is -0.404 e. The molecular weight excluding hydrogens is 507 g/mol. The van der Waals surface area contributed by atoms with Crippen molar-refractivity contribution in [2.75, 3.05) is 13.1 Å². The Morgan fingerprint density at radius 1 is 1.22 bits per heavy atom. The van der Waals surface area contributed by atoms with E-state index in [-0.39, 0.29) is 11.6 Å². The van der Waals surface area contributed by atoms with Gasteiger partial charge in [0.15, 0.2) is 5.78 Å². The first kappa shape index (κ1) is 25.4. The van der Waals surface area contributed by atoms with Gasteiger partial charge in [0.25, 0.3) is 0 Å². The van der Waals surface area contributed by atoms with Gasteiger partial charge in [0.2, 0.25) is 0 Å². The maximum Gasteiger partial charge on any atom is 0.192 e. The molecule has 0 bridgehead atoms. The van der Waals surface area contributed by atoms with Crippen molar-refractivity contribution in [3.05, 3.63) is 112 Å². The average Bonchev–Trinajstić information content (AvgIpc) is 2.92. The highest BCUT2D eigenvalue weighted by Crippen LogP contribution is 2.48. The van der Waals surface area contributed by atoms with Gasteiger partial charge in [-0.05, 0) is 104 Å². The fraction of sp³-hybridized carbons (Fsp3) is 0.207. The summed E-state index contributed by atoms with van der Waals surface area (Å²) in [5, 5.41) is 0.717. The van der Waals surface area contributed by atoms with Crippen LogP contribution in [0.3, 0.4) is 0 Å². The number of piperidine rings is 1. The number of halogens is 2. The lowest BCUT2D eigenvalue weighted by molar-refractivity contribution is 0.0776. The number of carbonyl (C=O) groups excluding carboxylic acids is 1. The van der Waals surface area contributed by atoms with Crippen molar-refractivity contribution in [2.45, 2.75) is 24.7 Å². The van der Waals surface area contributed by atoms with Crippen LogP contribution in [0.2, 0.25) is 5.02 Å². The van der Waals surface area contributed by atoms with Crippen molar-refractivity contribution in [3.8, 4) is 0 Å². The first-order valence-corrected chi connectivity index (χ1v) is 13.1. The lowest BCUT2D eigenvalue weighted by Gasteiger charge is -2.45. The van der Waals surface area contributed by atoms with Gasteiger partial charge in [-0.15, -0.1) is 0 Å². The summed E-state index contributed by atoms with van der Waals surface area (Å²) < 4.78 is 15.6. The molecule has 0 radical (unpaired) electrons. The van der Waals surface area contributed by atoms with Gasteiger partial charge < -0.3 is 5.73 Å². The summed E-state index contributed by atoms with van der Waals surface area (Å²) >= 11 is 7.97. The molecule has 0 amide bonds. The number of ketones is 1. The molecule has 37 heavy (non-hydrogen) atoms. The number of Topliss-reactive ketones (excluding diaryl/α,β-unsaturated/α-hetero) is 1. The van der Waals surface area contributed by atoms with Gasteiger partial charge in [-0.3, -0.25) is 9.78 Å². The summed E-state index contributed by atoms with van der Waals surface area (Å²) in [5.74, 6) is -0.355. The number of nitrogens with zero attached hydrogens (tertiary/aromatic N) is 3. The zero-order valence-corrected chi connectivity index (χ0v) is 21.9. The Morgan fingerprint density at radius 2 is 2.03 bits per heavy atom. The van der Waals surface area contributed by atoms with Gasteiger partial charge in [-0.25, -0.2) is 13.7 Å². The van der Waals surface area contributed by atoms with Crippen molar-refractivity contribution in [2.24, 2.45) is 16.1 Å². The highest BCUT2D eigenvalue weighted by atomic mass is 35.5. The maximum atomic E-state index is 14.1. The Morgan fingerprint density at radius 3 is 2.73 bits per heavy atom. The zero-order valence-electron chi connectivity index (χ0n) is 20.3. The van der Waals surface area contributed by atoms with Crippen LogP contribution in [0.1, 0.15) is 28.9 Å². The van der Waals surface area contributed by atoms with Crippen LogP contribution in [0.15, 0.2) is 100 Å². The third-order valence-electron chi connectivity index (χ3n) is 6.81. The van der Waals surface area contributed by atoms with Crippen molar-refractivity contribution >= 4 is 40.7 Å². The molecule has 2 heterocycles. The van der Waals surface area contributed by atoms with Crippen molar-refractivity contribution in [3.63, 3.8) is 0 Å². The average molecular weight is 533 g/mol. The van der Waals surface area contributed by atoms with E-state index in [0.717, 1.165) is 33.2 Å². The van der Waals surface area contributed by atoms with E-state index in [1.54, 1.807) is 42.4 Å². The van der Waals surface area contributed by atoms with Gasteiger partial charge in [0.05, 0.1) is 16.8 Å². The Hall–Kier alpha value is -3.26. The van der Waals surface area contributed by atoms with Gasteiger partial charge in [0.1, 0.15) is 11.5 Å². The third-order valence-corrected chi connectivity index (χ3v) is 8.25. The zero-order chi connectivity index (χ0) is 26.0. The summed E-state index contributed by atoms with van der Waals surface area (Å²) in [5.41, 5.74) is 9.80. The van der Waals surface area contributed by atoms with Crippen LogP contribution < -0.4 is 5.73 Å². The van der Waals surface area contributed by atoms with E-state index in [1.165, 1.54) is 18.3 Å². The number of aromatic nitrogens is 1. The number of fused-ring (bicyclic) bond motifs is 1. The molecule has 2 aromatic carbocycles. The minimum absolute atomic E-state index is 0.0354. The van der Waals surface area contributed by atoms with E-state index in [9.17, 15) is 9.18 Å². The van der Waals surface area contributed by atoms with E-state index in [1.807, 2.05) is 37.3 Å². The molecule has 8 heteroatoms. The van der Waals surface area contributed by atoms with Gasteiger partial charge >= 0.3 is 0 Å².